The van der Waals surface area contributed by atoms with E-state index in [1.165, 1.54) is 12.2 Å². The number of carbonyl (C=O) groups excluding carboxylic acids is 1. The molecule has 2 aliphatic carbocycles. The van der Waals surface area contributed by atoms with Gasteiger partial charge < -0.3 is 14.8 Å². The molecule has 174 valence electrons. The fraction of sp³-hybridized carbons (Fsp3) is 0.375. The van der Waals surface area contributed by atoms with Crippen molar-refractivity contribution in [3.05, 3.63) is 71.6 Å². The number of carbonyl (C=O) groups is 1. The van der Waals surface area contributed by atoms with Gasteiger partial charge in [0.25, 0.3) is 0 Å². The summed E-state index contributed by atoms with van der Waals surface area (Å²) in [7, 11) is 1.54. The second-order valence-electron chi connectivity index (χ2n) is 8.34. The third kappa shape index (κ3) is 4.93. The molecule has 1 saturated carbocycles. The summed E-state index contributed by atoms with van der Waals surface area (Å²) in [6.45, 7) is 2.13. The molecule has 1 N–H and O–H groups in total. The Morgan fingerprint density at radius 1 is 1.30 bits per heavy atom. The van der Waals surface area contributed by atoms with Gasteiger partial charge in [-0.1, -0.05) is 6.08 Å². The predicted octanol–water partition coefficient (Wildman–Crippen LogP) is 4.66. The second kappa shape index (κ2) is 9.35. The number of hydrogen-bond acceptors (Lipinski definition) is 5. The third-order valence-electron chi connectivity index (χ3n) is 6.14. The monoisotopic (exact) mass is 459 g/mol. The van der Waals surface area contributed by atoms with Crippen molar-refractivity contribution in [2.45, 2.75) is 26.4 Å². The van der Waals surface area contributed by atoms with Crippen molar-refractivity contribution in [1.29, 1.82) is 0 Å². The quantitative estimate of drug-likeness (QED) is 0.622. The lowest BCUT2D eigenvalue weighted by molar-refractivity contribution is -0.118. The molecule has 1 amide bonds. The molecular formula is C24H24F3N3O3. The smallest absolute Gasteiger partial charge is 0.228 e. The topological polar surface area (TPSA) is 73.3 Å². The molecule has 0 aliphatic heterocycles. The normalized spacial score (nSPS) is 23.7. The van der Waals surface area contributed by atoms with Crippen LogP contribution in [0.4, 0.5) is 18.9 Å². The maximum atomic E-state index is 14.0. The highest BCUT2D eigenvalue weighted by molar-refractivity contribution is 5.95. The van der Waals surface area contributed by atoms with Crippen LogP contribution < -0.4 is 10.1 Å². The largest absolute Gasteiger partial charge is 0.489 e. The van der Waals surface area contributed by atoms with Crippen molar-refractivity contribution >= 4 is 11.6 Å². The fourth-order valence-corrected chi connectivity index (χ4v) is 4.26. The average Bonchev–Trinajstić information content (AvgIpc) is 3.52. The zero-order valence-corrected chi connectivity index (χ0v) is 18.3. The van der Waals surface area contributed by atoms with Gasteiger partial charge in [-0.15, -0.1) is 0 Å². The van der Waals surface area contributed by atoms with E-state index in [2.05, 4.69) is 15.3 Å². The lowest BCUT2D eigenvalue weighted by Gasteiger charge is -2.27. The molecule has 0 spiro atoms. The second-order valence-corrected chi connectivity index (χ2v) is 8.34. The van der Waals surface area contributed by atoms with Crippen molar-refractivity contribution in [2.24, 2.45) is 17.3 Å². The number of halogens is 3. The number of nitrogens with zero attached hydrogens (tertiary/aromatic N) is 2. The Morgan fingerprint density at radius 2 is 2.12 bits per heavy atom. The molecule has 2 aromatic rings. The molecular weight excluding hydrogens is 435 g/mol. The van der Waals surface area contributed by atoms with Gasteiger partial charge in [0, 0.05) is 24.5 Å². The summed E-state index contributed by atoms with van der Waals surface area (Å²) < 4.78 is 52.4. The van der Waals surface area contributed by atoms with Crippen molar-refractivity contribution in [2.75, 3.05) is 19.0 Å². The molecule has 33 heavy (non-hydrogen) atoms. The number of allylic oxidation sites excluding steroid dienone is 4. The van der Waals surface area contributed by atoms with Crippen LogP contribution in [0.25, 0.3) is 0 Å². The van der Waals surface area contributed by atoms with Gasteiger partial charge in [-0.3, -0.25) is 4.79 Å². The Kier molecular flexibility index (Phi) is 6.51. The first-order valence-electron chi connectivity index (χ1n) is 10.6. The number of aromatic nitrogens is 2. The average molecular weight is 459 g/mol. The Balaban J connectivity index is 1.55. The first-order chi connectivity index (χ1) is 15.8. The van der Waals surface area contributed by atoms with Crippen LogP contribution in [0, 0.1) is 35.8 Å². The number of rotatable bonds is 8. The molecule has 0 saturated heterocycles. The summed E-state index contributed by atoms with van der Waals surface area (Å²) in [4.78, 5) is 21.5. The Labute approximate surface area is 189 Å². The molecule has 2 aliphatic rings. The highest BCUT2D eigenvalue weighted by Gasteiger charge is 2.62. The van der Waals surface area contributed by atoms with E-state index in [-0.39, 0.29) is 30.6 Å². The van der Waals surface area contributed by atoms with Crippen LogP contribution in [0.3, 0.4) is 0 Å². The van der Waals surface area contributed by atoms with Gasteiger partial charge in [0.2, 0.25) is 5.91 Å². The van der Waals surface area contributed by atoms with Crippen molar-refractivity contribution in [3.63, 3.8) is 0 Å². The lowest BCUT2D eigenvalue weighted by atomic mass is 9.82. The molecule has 1 fully saturated rings. The van der Waals surface area contributed by atoms with Crippen molar-refractivity contribution < 1.29 is 27.4 Å². The zero-order valence-electron chi connectivity index (χ0n) is 18.3. The zero-order chi connectivity index (χ0) is 23.6. The van der Waals surface area contributed by atoms with Crippen LogP contribution in [-0.4, -0.2) is 29.6 Å². The van der Waals surface area contributed by atoms with Gasteiger partial charge >= 0.3 is 0 Å². The Hall–Kier alpha value is -3.20. The number of anilines is 1. The first-order valence-corrected chi connectivity index (χ1v) is 10.6. The van der Waals surface area contributed by atoms with E-state index in [1.807, 2.05) is 0 Å². The summed E-state index contributed by atoms with van der Waals surface area (Å²) in [5.41, 5.74) is -0.286. The highest BCUT2D eigenvalue weighted by atomic mass is 19.1. The minimum absolute atomic E-state index is 0.143. The van der Waals surface area contributed by atoms with E-state index < -0.39 is 28.9 Å². The van der Waals surface area contributed by atoms with Crippen LogP contribution in [0.15, 0.2) is 48.5 Å². The minimum atomic E-state index is -0.726. The molecule has 1 unspecified atom stereocenters. The first kappa shape index (κ1) is 23.0. The SMILES string of the molecule is COCc1nc(C)ncc1OC[C@@]1(C2C=CC(F)=CC2)C[C@H]1C(=O)Nc1cc(F)ccc1F. The van der Waals surface area contributed by atoms with Gasteiger partial charge in [0.1, 0.15) is 29.0 Å². The summed E-state index contributed by atoms with van der Waals surface area (Å²) >= 11 is 0. The number of nitrogens with one attached hydrogen (secondary N) is 1. The van der Waals surface area contributed by atoms with E-state index in [0.717, 1.165) is 18.2 Å². The summed E-state index contributed by atoms with van der Waals surface area (Å²) in [6, 6.07) is 2.88. The van der Waals surface area contributed by atoms with Crippen LogP contribution in [0.1, 0.15) is 24.4 Å². The summed E-state index contributed by atoms with van der Waals surface area (Å²) in [5, 5.41) is 2.49. The molecule has 0 bridgehead atoms. The van der Waals surface area contributed by atoms with Crippen LogP contribution in [-0.2, 0) is 16.1 Å². The molecule has 3 atom stereocenters. The number of aryl methyl sites for hydroxylation is 1. The van der Waals surface area contributed by atoms with E-state index in [4.69, 9.17) is 9.47 Å². The van der Waals surface area contributed by atoms with Gasteiger partial charge in [0.15, 0.2) is 5.75 Å². The molecule has 1 aromatic carbocycles. The van der Waals surface area contributed by atoms with E-state index in [9.17, 15) is 18.0 Å². The molecule has 0 radical (unpaired) electrons. The number of benzene rings is 1. The van der Waals surface area contributed by atoms with Gasteiger partial charge in [0.05, 0.1) is 25.1 Å². The van der Waals surface area contributed by atoms with Gasteiger partial charge in [-0.2, -0.15) is 0 Å². The minimum Gasteiger partial charge on any atom is -0.489 e. The molecule has 9 heteroatoms. The van der Waals surface area contributed by atoms with E-state index in [0.29, 0.717) is 30.1 Å². The van der Waals surface area contributed by atoms with Gasteiger partial charge in [-0.05, 0) is 50.0 Å². The van der Waals surface area contributed by atoms with Crippen LogP contribution in [0.2, 0.25) is 0 Å². The van der Waals surface area contributed by atoms with E-state index >= 15 is 0 Å². The standard InChI is InChI=1S/C24H24F3N3O3/c1-14-28-11-22(21(29-14)12-32-2)33-13-24(15-3-5-16(25)6-4-15)10-18(24)23(31)30-20-9-17(26)7-8-19(20)27/h3,5-9,11,15,18H,4,10,12-13H2,1-2H3,(H,30,31)/t15?,18-,24+/m0/s1. The maximum absolute atomic E-state index is 14.0. The van der Waals surface area contributed by atoms with Crippen LogP contribution in [0.5, 0.6) is 5.75 Å². The molecule has 4 rings (SSSR count). The van der Waals surface area contributed by atoms with Crippen molar-refractivity contribution in [1.82, 2.24) is 9.97 Å². The van der Waals surface area contributed by atoms with Gasteiger partial charge in [-0.25, -0.2) is 23.1 Å². The number of ether oxygens (including phenoxy) is 2. The fourth-order valence-electron chi connectivity index (χ4n) is 4.26. The third-order valence-corrected chi connectivity index (χ3v) is 6.14. The Morgan fingerprint density at radius 3 is 2.85 bits per heavy atom. The van der Waals surface area contributed by atoms with Crippen LogP contribution >= 0.6 is 0 Å². The Bertz CT molecular complexity index is 1120. The summed E-state index contributed by atoms with van der Waals surface area (Å²) in [5.74, 6) is -1.84. The maximum Gasteiger partial charge on any atom is 0.228 e. The predicted molar refractivity (Wildman–Crippen MR) is 115 cm³/mol. The molecule has 1 aromatic heterocycles. The highest BCUT2D eigenvalue weighted by Crippen LogP contribution is 2.60. The lowest BCUT2D eigenvalue weighted by Crippen LogP contribution is -2.30. The molecule has 6 nitrogen and oxygen atoms in total. The number of hydrogen-bond donors (Lipinski definition) is 1. The van der Waals surface area contributed by atoms with Crippen molar-refractivity contribution in [3.8, 4) is 5.75 Å². The van der Waals surface area contributed by atoms with E-state index in [1.54, 1.807) is 26.3 Å². The molecule has 1 heterocycles. The number of amides is 1. The number of methoxy groups -OCH3 is 1. The summed E-state index contributed by atoms with van der Waals surface area (Å²) in [6.07, 6.45) is 6.99.